The summed E-state index contributed by atoms with van der Waals surface area (Å²) in [5, 5.41) is 0. The van der Waals surface area contributed by atoms with Crippen LogP contribution in [0.5, 0.6) is 0 Å². The Kier molecular flexibility index (Phi) is 3.45. The van der Waals surface area contributed by atoms with Crippen molar-refractivity contribution in [2.75, 3.05) is 33.7 Å². The molecule has 2 fully saturated rings. The van der Waals surface area contributed by atoms with Crippen LogP contribution in [-0.4, -0.2) is 55.7 Å². The second kappa shape index (κ2) is 4.93. The van der Waals surface area contributed by atoms with Crippen LogP contribution < -0.4 is 0 Å². The van der Waals surface area contributed by atoms with Gasteiger partial charge in [-0.1, -0.05) is 34.1 Å². The van der Waals surface area contributed by atoms with Crippen LogP contribution >= 0.6 is 15.9 Å². The fraction of sp³-hybridized carbons (Fsp3) is 0.571. The van der Waals surface area contributed by atoms with Gasteiger partial charge in [-0.2, -0.15) is 0 Å². The molecule has 0 amide bonds. The number of likely N-dealkylation sites (N-methyl/N-ethyl adjacent to an activating group) is 2. The number of nitrogens with zero attached hydrogens (tertiary/aromatic N) is 2. The van der Waals surface area contributed by atoms with Gasteiger partial charge in [-0.25, -0.2) is 0 Å². The molecule has 2 aliphatic rings. The van der Waals surface area contributed by atoms with Crippen LogP contribution in [0.1, 0.15) is 11.6 Å². The molecule has 2 unspecified atom stereocenters. The molecule has 3 atom stereocenters. The van der Waals surface area contributed by atoms with Crippen LogP contribution in [0.4, 0.5) is 0 Å². The van der Waals surface area contributed by atoms with E-state index in [-0.39, 0.29) is 6.10 Å². The van der Waals surface area contributed by atoms with Gasteiger partial charge in [-0.15, -0.1) is 0 Å². The molecule has 2 aliphatic heterocycles. The molecule has 1 aromatic carbocycles. The van der Waals surface area contributed by atoms with Gasteiger partial charge in [0, 0.05) is 24.1 Å². The second-order valence-electron chi connectivity index (χ2n) is 5.42. The lowest BCUT2D eigenvalue weighted by Crippen LogP contribution is -2.58. The van der Waals surface area contributed by atoms with Crippen molar-refractivity contribution >= 4 is 15.9 Å². The van der Waals surface area contributed by atoms with E-state index in [9.17, 15) is 0 Å². The predicted octanol–water partition coefficient (Wildman–Crippen LogP) is 2.13. The Morgan fingerprint density at radius 3 is 2.72 bits per heavy atom. The monoisotopic (exact) mass is 310 g/mol. The number of ether oxygens (including phenoxy) is 1. The number of hydrogen-bond donors (Lipinski definition) is 0. The molecule has 0 spiro atoms. The third kappa shape index (κ3) is 2.23. The molecule has 3 nitrogen and oxygen atoms in total. The molecule has 18 heavy (non-hydrogen) atoms. The van der Waals surface area contributed by atoms with Crippen molar-refractivity contribution in [1.29, 1.82) is 0 Å². The molecule has 1 aromatic rings. The van der Waals surface area contributed by atoms with Crippen LogP contribution in [-0.2, 0) is 4.74 Å². The SMILES string of the molecule is CN1CC2CN(C)[C@H](c3ccccc3Br)C(C1)O2. The molecule has 0 saturated carbocycles. The minimum atomic E-state index is 0.270. The molecule has 0 aliphatic carbocycles. The standard InChI is InChI=1S/C14H19BrN2O/c1-16-7-10-8-17(2)14(13(9-16)18-10)11-5-3-4-6-12(11)15/h3-6,10,13-14H,7-9H2,1-2H3/t10?,13?,14-/m1/s1. The number of halogens is 1. The van der Waals surface area contributed by atoms with Gasteiger partial charge in [0.05, 0.1) is 18.2 Å². The largest absolute Gasteiger partial charge is 0.369 e. The highest BCUT2D eigenvalue weighted by Gasteiger charge is 2.40. The normalized spacial score (nSPS) is 33.6. The first kappa shape index (κ1) is 12.6. The van der Waals surface area contributed by atoms with Crippen molar-refractivity contribution in [2.45, 2.75) is 18.2 Å². The van der Waals surface area contributed by atoms with Gasteiger partial charge in [0.15, 0.2) is 0 Å². The van der Waals surface area contributed by atoms with Gasteiger partial charge in [-0.3, -0.25) is 4.90 Å². The predicted molar refractivity (Wildman–Crippen MR) is 75.7 cm³/mol. The van der Waals surface area contributed by atoms with E-state index in [1.54, 1.807) is 0 Å². The Morgan fingerprint density at radius 2 is 1.94 bits per heavy atom. The molecule has 2 heterocycles. The van der Waals surface area contributed by atoms with Gasteiger partial charge in [0.2, 0.25) is 0 Å². The Balaban J connectivity index is 1.93. The Labute approximate surface area is 117 Å². The molecule has 0 aromatic heterocycles. The third-order valence-corrected chi connectivity index (χ3v) is 4.64. The molecule has 3 rings (SSSR count). The summed E-state index contributed by atoms with van der Waals surface area (Å²) in [7, 11) is 4.39. The highest BCUT2D eigenvalue weighted by atomic mass is 79.9. The van der Waals surface area contributed by atoms with E-state index in [1.807, 2.05) is 0 Å². The zero-order chi connectivity index (χ0) is 12.7. The van der Waals surface area contributed by atoms with Crippen molar-refractivity contribution in [2.24, 2.45) is 0 Å². The molecule has 0 N–H and O–H groups in total. The van der Waals surface area contributed by atoms with Crippen LogP contribution in [0.2, 0.25) is 0 Å². The summed E-state index contributed by atoms with van der Waals surface area (Å²) in [6.07, 6.45) is 0.628. The minimum absolute atomic E-state index is 0.270. The fourth-order valence-corrected chi connectivity index (χ4v) is 3.73. The van der Waals surface area contributed by atoms with Gasteiger partial charge >= 0.3 is 0 Å². The van der Waals surface area contributed by atoms with Crippen LogP contribution in [0.15, 0.2) is 28.7 Å². The second-order valence-corrected chi connectivity index (χ2v) is 6.28. The Morgan fingerprint density at radius 1 is 1.17 bits per heavy atom. The van der Waals surface area contributed by atoms with Crippen LogP contribution in [0.3, 0.4) is 0 Å². The average Bonchev–Trinajstić information content (AvgIpc) is 2.30. The summed E-state index contributed by atoms with van der Waals surface area (Å²) >= 11 is 3.67. The smallest absolute Gasteiger partial charge is 0.0903 e. The first-order valence-corrected chi connectivity index (χ1v) is 7.23. The van der Waals surface area contributed by atoms with E-state index in [2.05, 4.69) is 64.1 Å². The summed E-state index contributed by atoms with van der Waals surface area (Å²) in [5.41, 5.74) is 1.33. The number of hydrogen-bond acceptors (Lipinski definition) is 3. The van der Waals surface area contributed by atoms with E-state index in [0.717, 1.165) is 19.6 Å². The molecular formula is C14H19BrN2O. The first-order valence-electron chi connectivity index (χ1n) is 6.44. The number of rotatable bonds is 1. The Bertz CT molecular complexity index is 436. The van der Waals surface area contributed by atoms with Crippen molar-refractivity contribution in [3.05, 3.63) is 34.3 Å². The lowest BCUT2D eigenvalue weighted by Gasteiger charge is -2.49. The minimum Gasteiger partial charge on any atom is -0.369 e. The Hall–Kier alpha value is -0.420. The third-order valence-electron chi connectivity index (χ3n) is 3.92. The molecule has 2 bridgehead atoms. The summed E-state index contributed by atoms with van der Waals surface area (Å²) < 4.78 is 7.36. The van der Waals surface area contributed by atoms with E-state index < -0.39 is 0 Å². The number of morpholine rings is 2. The molecular weight excluding hydrogens is 292 g/mol. The lowest BCUT2D eigenvalue weighted by molar-refractivity contribution is -0.158. The zero-order valence-corrected chi connectivity index (χ0v) is 12.4. The van der Waals surface area contributed by atoms with E-state index in [1.165, 1.54) is 10.0 Å². The van der Waals surface area contributed by atoms with Crippen LogP contribution in [0.25, 0.3) is 0 Å². The van der Waals surface area contributed by atoms with Crippen molar-refractivity contribution in [3.63, 3.8) is 0 Å². The van der Waals surface area contributed by atoms with Gasteiger partial charge in [0.1, 0.15) is 0 Å². The molecule has 0 radical (unpaired) electrons. The van der Waals surface area contributed by atoms with Crippen molar-refractivity contribution < 1.29 is 4.74 Å². The molecule has 98 valence electrons. The highest BCUT2D eigenvalue weighted by Crippen LogP contribution is 2.36. The summed E-state index contributed by atoms with van der Waals surface area (Å²) in [6, 6.07) is 8.82. The first-order chi connectivity index (χ1) is 8.65. The van der Waals surface area contributed by atoms with Crippen LogP contribution in [0, 0.1) is 0 Å². The maximum Gasteiger partial charge on any atom is 0.0903 e. The average molecular weight is 311 g/mol. The van der Waals surface area contributed by atoms with Crippen molar-refractivity contribution in [3.8, 4) is 0 Å². The number of benzene rings is 1. The van der Waals surface area contributed by atoms with E-state index >= 15 is 0 Å². The maximum absolute atomic E-state index is 6.18. The summed E-state index contributed by atoms with van der Waals surface area (Å²) in [6.45, 7) is 3.06. The summed E-state index contributed by atoms with van der Waals surface area (Å²) in [5.74, 6) is 0. The van der Waals surface area contributed by atoms with E-state index in [4.69, 9.17) is 4.74 Å². The van der Waals surface area contributed by atoms with Gasteiger partial charge in [-0.05, 0) is 25.7 Å². The molecule has 2 saturated heterocycles. The lowest BCUT2D eigenvalue weighted by atomic mass is 9.95. The number of fused-ring (bicyclic) bond motifs is 2. The highest BCUT2D eigenvalue weighted by molar-refractivity contribution is 9.10. The topological polar surface area (TPSA) is 15.7 Å². The van der Waals surface area contributed by atoms with E-state index in [0.29, 0.717) is 12.1 Å². The summed E-state index contributed by atoms with van der Waals surface area (Å²) in [4.78, 5) is 4.82. The zero-order valence-electron chi connectivity index (χ0n) is 10.8. The fourth-order valence-electron chi connectivity index (χ4n) is 3.21. The maximum atomic E-state index is 6.18. The van der Waals surface area contributed by atoms with Crippen molar-refractivity contribution in [1.82, 2.24) is 9.80 Å². The van der Waals surface area contributed by atoms with Gasteiger partial charge in [0.25, 0.3) is 0 Å². The molecule has 4 heteroatoms. The quantitative estimate of drug-likeness (QED) is 0.790. The van der Waals surface area contributed by atoms with Gasteiger partial charge < -0.3 is 9.64 Å².